The van der Waals surface area contributed by atoms with E-state index in [0.717, 1.165) is 31.1 Å². The van der Waals surface area contributed by atoms with Crippen molar-refractivity contribution in [3.63, 3.8) is 0 Å². The van der Waals surface area contributed by atoms with Crippen LogP contribution in [0.3, 0.4) is 0 Å². The highest BCUT2D eigenvalue weighted by Gasteiger charge is 2.21. The Bertz CT molecular complexity index is 463. The van der Waals surface area contributed by atoms with Gasteiger partial charge in [0.1, 0.15) is 12.0 Å². The van der Waals surface area contributed by atoms with Crippen molar-refractivity contribution in [2.24, 2.45) is 17.6 Å². The van der Waals surface area contributed by atoms with Gasteiger partial charge in [0.15, 0.2) is 0 Å². The highest BCUT2D eigenvalue weighted by Crippen LogP contribution is 2.20. The maximum Gasteiger partial charge on any atom is 0.326 e. The van der Waals surface area contributed by atoms with Crippen molar-refractivity contribution in [1.29, 1.82) is 0 Å². The smallest absolute Gasteiger partial charge is 0.326 e. The number of carboxylic acids is 1. The van der Waals surface area contributed by atoms with Gasteiger partial charge in [-0.2, -0.15) is 0 Å². The van der Waals surface area contributed by atoms with Crippen molar-refractivity contribution in [2.75, 3.05) is 6.54 Å². The van der Waals surface area contributed by atoms with Crippen LogP contribution in [0.15, 0.2) is 5.70 Å². The minimum absolute atomic E-state index is 0.0119. The maximum atomic E-state index is 11.2. The molecule has 0 aromatic heterocycles. The Morgan fingerprint density at radius 3 is 2.18 bits per heavy atom. The molecule has 4 atom stereocenters. The Balaban J connectivity index is 3.90. The summed E-state index contributed by atoms with van der Waals surface area (Å²) in [5.41, 5.74) is 5.58. The van der Waals surface area contributed by atoms with Crippen molar-refractivity contribution in [2.45, 2.75) is 104 Å². The number of nitrogens with two attached hydrogens (primary N) is 1. The second-order valence-electron chi connectivity index (χ2n) is 8.26. The van der Waals surface area contributed by atoms with E-state index >= 15 is 0 Å². The van der Waals surface area contributed by atoms with Crippen LogP contribution in [0.5, 0.6) is 0 Å². The SMILES string of the molecule is CCC(C)CC(C)CCCCCCCCC(=C=O)N[C@@H](CC(O)CN)C(=O)O. The van der Waals surface area contributed by atoms with Gasteiger partial charge in [0.25, 0.3) is 0 Å². The van der Waals surface area contributed by atoms with Crippen LogP contribution in [0.25, 0.3) is 0 Å². The molecule has 0 radical (unpaired) electrons. The number of aliphatic hydroxyl groups excluding tert-OH is 1. The minimum atomic E-state index is -1.11. The van der Waals surface area contributed by atoms with Gasteiger partial charge >= 0.3 is 5.97 Å². The molecule has 6 heteroatoms. The molecule has 0 aliphatic carbocycles. The molecular formula is C22H42N2O4. The van der Waals surface area contributed by atoms with Gasteiger partial charge in [-0.1, -0.05) is 65.7 Å². The maximum absolute atomic E-state index is 11.2. The van der Waals surface area contributed by atoms with E-state index in [-0.39, 0.29) is 18.7 Å². The first-order chi connectivity index (χ1) is 13.3. The number of allylic oxidation sites excluding steroid dienone is 1. The Kier molecular flexibility index (Phi) is 15.8. The third-order valence-electron chi connectivity index (χ3n) is 5.42. The molecule has 0 aliphatic rings. The molecule has 0 saturated carbocycles. The Morgan fingerprint density at radius 1 is 1.04 bits per heavy atom. The predicted octanol–water partition coefficient (Wildman–Crippen LogP) is 3.65. The summed E-state index contributed by atoms with van der Waals surface area (Å²) in [5.74, 6) is 2.32. The molecule has 164 valence electrons. The molecule has 0 aliphatic heterocycles. The van der Waals surface area contributed by atoms with Gasteiger partial charge in [0.2, 0.25) is 0 Å². The lowest BCUT2D eigenvalue weighted by Gasteiger charge is -2.18. The molecule has 3 unspecified atom stereocenters. The summed E-state index contributed by atoms with van der Waals surface area (Å²) in [6, 6.07) is -1.02. The summed E-state index contributed by atoms with van der Waals surface area (Å²) < 4.78 is 0. The number of rotatable bonds is 18. The number of nitrogens with one attached hydrogen (secondary N) is 1. The lowest BCUT2D eigenvalue weighted by molar-refractivity contribution is -0.140. The van der Waals surface area contributed by atoms with E-state index in [0.29, 0.717) is 6.42 Å². The molecule has 0 fully saturated rings. The first-order valence-electron chi connectivity index (χ1n) is 10.9. The first kappa shape index (κ1) is 26.6. The molecule has 28 heavy (non-hydrogen) atoms. The fraction of sp³-hybridized carbons (Fsp3) is 0.864. The van der Waals surface area contributed by atoms with Crippen LogP contribution in [-0.2, 0) is 9.59 Å². The van der Waals surface area contributed by atoms with Gasteiger partial charge in [-0.3, -0.25) is 0 Å². The number of carbonyl (C=O) groups excluding carboxylic acids is 1. The van der Waals surface area contributed by atoms with E-state index in [4.69, 9.17) is 5.73 Å². The standard InChI is InChI=1S/C22H42N2O4/c1-4-17(2)13-18(3)11-9-7-5-6-8-10-12-19(16-25)24-21(22(27)28)14-20(26)15-23/h17-18,20-21,24,26H,4-15,23H2,1-3H3,(H,27,28)/t17?,18?,20?,21-/m0/s1. The van der Waals surface area contributed by atoms with E-state index < -0.39 is 18.1 Å². The normalized spacial score (nSPS) is 15.3. The summed E-state index contributed by atoms with van der Waals surface area (Å²) in [5, 5.41) is 21.4. The van der Waals surface area contributed by atoms with E-state index in [9.17, 15) is 19.8 Å². The molecule has 0 rings (SSSR count). The molecular weight excluding hydrogens is 356 g/mol. The fourth-order valence-corrected chi connectivity index (χ4v) is 3.43. The fourth-order valence-electron chi connectivity index (χ4n) is 3.43. The van der Waals surface area contributed by atoms with E-state index in [1.165, 1.54) is 38.5 Å². The Morgan fingerprint density at radius 2 is 1.64 bits per heavy atom. The van der Waals surface area contributed by atoms with Crippen molar-refractivity contribution in [3.8, 4) is 0 Å². The third kappa shape index (κ3) is 13.8. The van der Waals surface area contributed by atoms with Gasteiger partial charge in [-0.15, -0.1) is 0 Å². The number of hydrogen-bond donors (Lipinski definition) is 4. The number of carboxylic acid groups (broad SMARTS) is 1. The second-order valence-corrected chi connectivity index (χ2v) is 8.26. The highest BCUT2D eigenvalue weighted by molar-refractivity contribution is 5.74. The number of aliphatic carboxylic acids is 1. The van der Waals surface area contributed by atoms with Gasteiger partial charge in [-0.25, -0.2) is 9.59 Å². The van der Waals surface area contributed by atoms with Gasteiger partial charge in [0, 0.05) is 13.0 Å². The van der Waals surface area contributed by atoms with Gasteiger partial charge < -0.3 is 21.3 Å². The van der Waals surface area contributed by atoms with Crippen molar-refractivity contribution >= 4 is 11.9 Å². The topological polar surface area (TPSA) is 113 Å². The van der Waals surface area contributed by atoms with Gasteiger partial charge in [0.05, 0.1) is 11.8 Å². The molecule has 5 N–H and O–H groups in total. The number of carbonyl (C=O) groups is 1. The van der Waals surface area contributed by atoms with Crippen LogP contribution < -0.4 is 11.1 Å². The summed E-state index contributed by atoms with van der Waals surface area (Å²) in [7, 11) is 0. The first-order valence-corrected chi connectivity index (χ1v) is 10.9. The third-order valence-corrected chi connectivity index (χ3v) is 5.42. The van der Waals surface area contributed by atoms with E-state index in [1.54, 1.807) is 5.94 Å². The second kappa shape index (κ2) is 16.6. The Hall–Kier alpha value is -1.36. The zero-order valence-electron chi connectivity index (χ0n) is 18.1. The molecule has 0 saturated heterocycles. The largest absolute Gasteiger partial charge is 0.480 e. The van der Waals surface area contributed by atoms with E-state index in [2.05, 4.69) is 26.1 Å². The summed E-state index contributed by atoms with van der Waals surface area (Å²) in [6.45, 7) is 6.92. The minimum Gasteiger partial charge on any atom is -0.480 e. The average molecular weight is 399 g/mol. The molecule has 0 aromatic carbocycles. The predicted molar refractivity (Wildman–Crippen MR) is 114 cm³/mol. The molecule has 6 nitrogen and oxygen atoms in total. The molecule has 0 spiro atoms. The zero-order valence-corrected chi connectivity index (χ0v) is 18.1. The molecule has 0 bridgehead atoms. The van der Waals surface area contributed by atoms with Crippen molar-refractivity contribution in [1.82, 2.24) is 5.32 Å². The Labute approximate surface area is 171 Å². The highest BCUT2D eigenvalue weighted by atomic mass is 16.4. The summed E-state index contributed by atoms with van der Waals surface area (Å²) in [6.07, 6.45) is 10.1. The van der Waals surface area contributed by atoms with Crippen molar-refractivity contribution in [3.05, 3.63) is 5.70 Å². The molecule has 0 heterocycles. The van der Waals surface area contributed by atoms with Crippen LogP contribution in [0.1, 0.15) is 91.4 Å². The number of hydrogen-bond acceptors (Lipinski definition) is 5. The van der Waals surface area contributed by atoms with E-state index in [1.807, 2.05) is 0 Å². The van der Waals surface area contributed by atoms with Crippen LogP contribution in [-0.4, -0.2) is 40.8 Å². The summed E-state index contributed by atoms with van der Waals surface area (Å²) in [4.78, 5) is 22.3. The molecule has 0 amide bonds. The van der Waals surface area contributed by atoms with Crippen LogP contribution >= 0.6 is 0 Å². The lowest BCUT2D eigenvalue weighted by atomic mass is 9.91. The summed E-state index contributed by atoms with van der Waals surface area (Å²) >= 11 is 0. The molecule has 0 aromatic rings. The van der Waals surface area contributed by atoms with Crippen LogP contribution in [0, 0.1) is 11.8 Å². The van der Waals surface area contributed by atoms with Gasteiger partial charge in [-0.05, 0) is 31.1 Å². The quantitative estimate of drug-likeness (QED) is 0.207. The zero-order chi connectivity index (χ0) is 21.4. The lowest BCUT2D eigenvalue weighted by Crippen LogP contribution is -2.40. The van der Waals surface area contributed by atoms with Crippen molar-refractivity contribution < 1.29 is 19.8 Å². The van der Waals surface area contributed by atoms with Crippen LogP contribution in [0.2, 0.25) is 0 Å². The van der Waals surface area contributed by atoms with Crippen LogP contribution in [0.4, 0.5) is 0 Å². The number of aliphatic hydroxyl groups is 1. The number of unbranched alkanes of at least 4 members (excludes halogenated alkanes) is 5. The monoisotopic (exact) mass is 398 g/mol. The average Bonchev–Trinajstić information content (AvgIpc) is 2.67.